The number of hydrogen-bond donors (Lipinski definition) is 1. The molecule has 0 radical (unpaired) electrons. The van der Waals surface area contributed by atoms with Crippen molar-refractivity contribution < 1.29 is 9.18 Å². The number of fused-ring (bicyclic) bond motifs is 3. The number of aryl methyl sites for hydroxylation is 1. The molecule has 1 N–H and O–H groups in total. The first-order valence-electron chi connectivity index (χ1n) is 10.4. The number of hydrogen-bond acceptors (Lipinski definition) is 1. The number of urea groups is 1. The Labute approximate surface area is 194 Å². The summed E-state index contributed by atoms with van der Waals surface area (Å²) >= 11 is 3.26. The molecule has 1 atom stereocenters. The van der Waals surface area contributed by atoms with Gasteiger partial charge in [0.1, 0.15) is 5.82 Å². The Balaban J connectivity index is 1.64. The van der Waals surface area contributed by atoms with Crippen LogP contribution in [-0.4, -0.2) is 15.5 Å². The molecule has 0 saturated carbocycles. The van der Waals surface area contributed by atoms with E-state index in [1.807, 2.05) is 61.7 Å². The van der Waals surface area contributed by atoms with Crippen LogP contribution in [0.2, 0.25) is 0 Å². The van der Waals surface area contributed by atoms with Crippen molar-refractivity contribution >= 4 is 27.6 Å². The largest absolute Gasteiger partial charge is 0.323 e. The monoisotopic (exact) mass is 489 g/mol. The van der Waals surface area contributed by atoms with Crippen molar-refractivity contribution in [3.63, 3.8) is 0 Å². The molecule has 2 heterocycles. The van der Waals surface area contributed by atoms with Crippen molar-refractivity contribution in [2.75, 3.05) is 5.32 Å². The van der Waals surface area contributed by atoms with E-state index >= 15 is 0 Å². The van der Waals surface area contributed by atoms with Gasteiger partial charge in [-0.05, 0) is 54.4 Å². The van der Waals surface area contributed by atoms with Gasteiger partial charge in [0.2, 0.25) is 0 Å². The highest BCUT2D eigenvalue weighted by Crippen LogP contribution is 2.37. The Hall–Kier alpha value is -3.38. The van der Waals surface area contributed by atoms with E-state index in [0.717, 1.165) is 28.1 Å². The fourth-order valence-electron chi connectivity index (χ4n) is 4.31. The first kappa shape index (κ1) is 20.5. The summed E-state index contributed by atoms with van der Waals surface area (Å²) in [6.07, 6.45) is 2.02. The summed E-state index contributed by atoms with van der Waals surface area (Å²) in [5, 5.41) is 2.78. The SMILES string of the molecule is Cc1cccc([C@H]2c3cccn3-c3ccccc3CN2C(=O)Nc2ccc(Br)cc2F)c1. The second-order valence-electron chi connectivity index (χ2n) is 7.93. The molecule has 2 amide bonds. The van der Waals surface area contributed by atoms with Gasteiger partial charge in [-0.25, -0.2) is 9.18 Å². The number of carbonyl (C=O) groups is 1. The van der Waals surface area contributed by atoms with E-state index in [4.69, 9.17) is 0 Å². The smallest absolute Gasteiger partial charge is 0.318 e. The third kappa shape index (κ3) is 3.71. The van der Waals surface area contributed by atoms with Gasteiger partial charge in [-0.2, -0.15) is 0 Å². The van der Waals surface area contributed by atoms with Crippen LogP contribution in [0, 0.1) is 12.7 Å². The standard InChI is InChI=1S/C26H21BrFN3O/c1-17-6-4-8-18(14-17)25-24-10-5-13-30(24)23-9-3-2-7-19(23)16-31(25)26(32)29-22-12-11-20(27)15-21(22)28/h2-15,25H,16H2,1H3,(H,29,32)/t25-/m0/s1. The highest BCUT2D eigenvalue weighted by Gasteiger charge is 2.33. The number of benzene rings is 3. The molecule has 6 heteroatoms. The number of rotatable bonds is 2. The summed E-state index contributed by atoms with van der Waals surface area (Å²) in [7, 11) is 0. The molecule has 0 bridgehead atoms. The Bertz CT molecular complexity index is 1320. The number of aromatic nitrogens is 1. The van der Waals surface area contributed by atoms with Crippen LogP contribution in [0.1, 0.15) is 28.4 Å². The van der Waals surface area contributed by atoms with Gasteiger partial charge in [0.15, 0.2) is 0 Å². The predicted octanol–water partition coefficient (Wildman–Crippen LogP) is 6.82. The van der Waals surface area contributed by atoms with Gasteiger partial charge in [0, 0.05) is 16.4 Å². The van der Waals surface area contributed by atoms with E-state index in [1.54, 1.807) is 17.0 Å². The topological polar surface area (TPSA) is 37.3 Å². The molecule has 32 heavy (non-hydrogen) atoms. The molecule has 1 aliphatic rings. The van der Waals surface area contributed by atoms with Crippen LogP contribution in [0.25, 0.3) is 5.69 Å². The maximum Gasteiger partial charge on any atom is 0.323 e. The van der Waals surface area contributed by atoms with E-state index in [9.17, 15) is 9.18 Å². The van der Waals surface area contributed by atoms with Crippen molar-refractivity contribution in [3.05, 3.63) is 118 Å². The summed E-state index contributed by atoms with van der Waals surface area (Å²) in [6.45, 7) is 2.43. The van der Waals surface area contributed by atoms with Gasteiger partial charge >= 0.3 is 6.03 Å². The van der Waals surface area contributed by atoms with Crippen molar-refractivity contribution in [2.45, 2.75) is 19.5 Å². The van der Waals surface area contributed by atoms with Crippen LogP contribution in [0.4, 0.5) is 14.9 Å². The molecule has 4 nitrogen and oxygen atoms in total. The summed E-state index contributed by atoms with van der Waals surface area (Å²) in [5.74, 6) is -0.488. The van der Waals surface area contributed by atoms with Gasteiger partial charge in [0.05, 0.1) is 24.0 Å². The molecule has 4 aromatic rings. The number of amides is 2. The van der Waals surface area contributed by atoms with Gasteiger partial charge in [-0.15, -0.1) is 0 Å². The molecule has 1 aliphatic heterocycles. The maximum atomic E-state index is 14.5. The minimum absolute atomic E-state index is 0.147. The third-order valence-corrected chi connectivity index (χ3v) is 6.25. The van der Waals surface area contributed by atoms with Crippen LogP contribution in [0.15, 0.2) is 89.5 Å². The number of carbonyl (C=O) groups excluding carboxylic acids is 1. The van der Waals surface area contributed by atoms with Crippen molar-refractivity contribution in [1.82, 2.24) is 9.47 Å². The van der Waals surface area contributed by atoms with Crippen LogP contribution >= 0.6 is 15.9 Å². The number of anilines is 1. The Morgan fingerprint density at radius 2 is 1.88 bits per heavy atom. The minimum atomic E-state index is -0.488. The average molecular weight is 490 g/mol. The average Bonchev–Trinajstić information content (AvgIpc) is 3.20. The van der Waals surface area contributed by atoms with E-state index in [1.165, 1.54) is 6.07 Å². The summed E-state index contributed by atoms with van der Waals surface area (Å²) in [4.78, 5) is 15.4. The lowest BCUT2D eigenvalue weighted by Crippen LogP contribution is -2.38. The summed E-state index contributed by atoms with van der Waals surface area (Å²) in [6, 6.07) is 24.2. The van der Waals surface area contributed by atoms with Crippen LogP contribution in [0.5, 0.6) is 0 Å². The third-order valence-electron chi connectivity index (χ3n) is 5.76. The number of para-hydroxylation sites is 1. The second kappa shape index (κ2) is 8.28. The van der Waals surface area contributed by atoms with E-state index in [0.29, 0.717) is 11.0 Å². The molecule has 0 aliphatic carbocycles. The van der Waals surface area contributed by atoms with Crippen LogP contribution in [0.3, 0.4) is 0 Å². The quantitative estimate of drug-likeness (QED) is 0.329. The summed E-state index contributed by atoms with van der Waals surface area (Å²) in [5.41, 5.74) is 5.30. The minimum Gasteiger partial charge on any atom is -0.318 e. The highest BCUT2D eigenvalue weighted by atomic mass is 79.9. The van der Waals surface area contributed by atoms with Crippen molar-refractivity contribution in [2.24, 2.45) is 0 Å². The zero-order valence-corrected chi connectivity index (χ0v) is 19.0. The molecule has 0 unspecified atom stereocenters. The van der Waals surface area contributed by atoms with Crippen LogP contribution < -0.4 is 5.32 Å². The molecule has 0 saturated heterocycles. The Morgan fingerprint density at radius 3 is 2.69 bits per heavy atom. The van der Waals surface area contributed by atoms with Gasteiger partial charge < -0.3 is 14.8 Å². The maximum absolute atomic E-state index is 14.5. The molecule has 5 rings (SSSR count). The molecule has 160 valence electrons. The normalized spacial score (nSPS) is 15.0. The number of nitrogens with one attached hydrogen (secondary N) is 1. The lowest BCUT2D eigenvalue weighted by Gasteiger charge is -2.31. The molecule has 3 aromatic carbocycles. The molecule has 1 aromatic heterocycles. The van der Waals surface area contributed by atoms with Gasteiger partial charge in [-0.1, -0.05) is 64.0 Å². The summed E-state index contributed by atoms with van der Waals surface area (Å²) < 4.78 is 17.2. The van der Waals surface area contributed by atoms with Gasteiger partial charge in [0.25, 0.3) is 0 Å². The van der Waals surface area contributed by atoms with Crippen molar-refractivity contribution in [3.8, 4) is 5.69 Å². The Kier molecular flexibility index (Phi) is 5.31. The molecule has 0 fully saturated rings. The zero-order chi connectivity index (χ0) is 22.2. The fourth-order valence-corrected chi connectivity index (χ4v) is 4.64. The zero-order valence-electron chi connectivity index (χ0n) is 17.4. The van der Waals surface area contributed by atoms with Crippen molar-refractivity contribution in [1.29, 1.82) is 0 Å². The fraction of sp³-hybridized carbons (Fsp3) is 0.115. The lowest BCUT2D eigenvalue weighted by molar-refractivity contribution is 0.194. The molecular formula is C26H21BrFN3O. The van der Waals surface area contributed by atoms with Gasteiger partial charge in [-0.3, -0.25) is 0 Å². The first-order chi connectivity index (χ1) is 15.5. The molecule has 0 spiro atoms. The number of nitrogens with zero attached hydrogens (tertiary/aromatic N) is 2. The van der Waals surface area contributed by atoms with E-state index in [-0.39, 0.29) is 17.8 Å². The van der Waals surface area contributed by atoms with Crippen LogP contribution in [-0.2, 0) is 6.54 Å². The van der Waals surface area contributed by atoms with E-state index in [2.05, 4.69) is 37.9 Å². The predicted molar refractivity (Wildman–Crippen MR) is 127 cm³/mol. The Morgan fingerprint density at radius 1 is 1.03 bits per heavy atom. The second-order valence-corrected chi connectivity index (χ2v) is 8.85. The lowest BCUT2D eigenvalue weighted by atomic mass is 10.00. The number of halogens is 2. The first-order valence-corrected chi connectivity index (χ1v) is 11.2. The molecular weight excluding hydrogens is 469 g/mol. The van der Waals surface area contributed by atoms with E-state index < -0.39 is 5.82 Å². The highest BCUT2D eigenvalue weighted by molar-refractivity contribution is 9.10.